The van der Waals surface area contributed by atoms with Crippen molar-refractivity contribution in [2.75, 3.05) is 37.7 Å². The number of carbonyl (C=O) groups excluding carboxylic acids is 2. The minimum absolute atomic E-state index is 0.274. The average Bonchev–Trinajstić information content (AvgIpc) is 2.73. The van der Waals surface area contributed by atoms with Gasteiger partial charge in [0.2, 0.25) is 5.91 Å². The van der Waals surface area contributed by atoms with Gasteiger partial charge in [-0.25, -0.2) is 4.79 Å². The van der Waals surface area contributed by atoms with Crippen LogP contribution in [0.3, 0.4) is 0 Å². The summed E-state index contributed by atoms with van der Waals surface area (Å²) in [6.45, 7) is 5.50. The lowest BCUT2D eigenvalue weighted by atomic mass is 9.49. The van der Waals surface area contributed by atoms with E-state index in [0.29, 0.717) is 23.5 Å². The summed E-state index contributed by atoms with van der Waals surface area (Å²) in [5.41, 5.74) is 2.02. The zero-order valence-electron chi connectivity index (χ0n) is 18.1. The van der Waals surface area contributed by atoms with E-state index in [-0.39, 0.29) is 5.97 Å². The second-order valence-corrected chi connectivity index (χ2v) is 10.2. The molecular formula is C25H34N2O3. The molecule has 30 heavy (non-hydrogen) atoms. The first-order chi connectivity index (χ1) is 14.5. The van der Waals surface area contributed by atoms with E-state index in [4.69, 9.17) is 4.74 Å². The molecule has 5 fully saturated rings. The van der Waals surface area contributed by atoms with Gasteiger partial charge in [0.15, 0.2) is 0 Å². The fourth-order valence-electron chi connectivity index (χ4n) is 7.18. The van der Waals surface area contributed by atoms with Crippen molar-refractivity contribution in [1.82, 2.24) is 4.90 Å². The first-order valence-electron chi connectivity index (χ1n) is 11.8. The van der Waals surface area contributed by atoms with Crippen molar-refractivity contribution in [2.24, 2.45) is 23.2 Å². The third-order valence-corrected chi connectivity index (χ3v) is 8.07. The maximum Gasteiger partial charge on any atom is 0.338 e. The molecule has 1 aromatic rings. The van der Waals surface area contributed by atoms with Crippen LogP contribution >= 0.6 is 0 Å². The maximum atomic E-state index is 13.2. The third-order valence-electron chi connectivity index (χ3n) is 8.07. The highest BCUT2D eigenvalue weighted by Crippen LogP contribution is 2.61. The number of esters is 1. The number of carbonyl (C=O) groups is 2. The number of anilines is 1. The van der Waals surface area contributed by atoms with E-state index in [1.54, 1.807) is 0 Å². The van der Waals surface area contributed by atoms with Gasteiger partial charge in [-0.2, -0.15) is 0 Å². The van der Waals surface area contributed by atoms with E-state index < -0.39 is 0 Å². The predicted octanol–water partition coefficient (Wildman–Crippen LogP) is 4.12. The summed E-state index contributed by atoms with van der Waals surface area (Å²) in [6, 6.07) is 7.63. The summed E-state index contributed by atoms with van der Waals surface area (Å²) < 4.78 is 5.06. The number of piperazine rings is 1. The van der Waals surface area contributed by atoms with Gasteiger partial charge in [-0.3, -0.25) is 4.79 Å². The van der Waals surface area contributed by atoms with Crippen molar-refractivity contribution in [3.05, 3.63) is 29.8 Å². The monoisotopic (exact) mass is 410 g/mol. The van der Waals surface area contributed by atoms with E-state index in [0.717, 1.165) is 56.0 Å². The number of nitrogens with zero attached hydrogens (tertiary/aromatic N) is 2. The maximum absolute atomic E-state index is 13.2. The van der Waals surface area contributed by atoms with Crippen molar-refractivity contribution in [3.8, 4) is 0 Å². The van der Waals surface area contributed by atoms with E-state index in [1.807, 2.05) is 31.2 Å². The predicted molar refractivity (Wildman–Crippen MR) is 116 cm³/mol. The molecule has 0 N–H and O–H groups in total. The molecule has 0 spiro atoms. The van der Waals surface area contributed by atoms with Crippen LogP contribution in [-0.4, -0.2) is 49.6 Å². The second-order valence-electron chi connectivity index (χ2n) is 10.2. The van der Waals surface area contributed by atoms with E-state index in [9.17, 15) is 9.59 Å². The first kappa shape index (κ1) is 19.9. The molecule has 0 atom stereocenters. The van der Waals surface area contributed by atoms with Gasteiger partial charge in [0.25, 0.3) is 0 Å². The highest BCUT2D eigenvalue weighted by atomic mass is 16.5. The quantitative estimate of drug-likeness (QED) is 0.685. The molecule has 4 bridgehead atoms. The van der Waals surface area contributed by atoms with E-state index >= 15 is 0 Å². The second kappa shape index (κ2) is 7.90. The van der Waals surface area contributed by atoms with Crippen LogP contribution in [0, 0.1) is 23.2 Å². The SMILES string of the molecule is CCOC(=O)c1ccc(N2CCN(C(=O)CC34CC5CC(CC(C5)C3)C4)CC2)cc1. The Kier molecular flexibility index (Phi) is 5.24. The van der Waals surface area contributed by atoms with Gasteiger partial charge in [-0.1, -0.05) is 0 Å². The molecule has 0 radical (unpaired) electrons. The van der Waals surface area contributed by atoms with Crippen LogP contribution < -0.4 is 4.90 Å². The number of ether oxygens (including phenoxy) is 1. The number of rotatable bonds is 5. The highest BCUT2D eigenvalue weighted by Gasteiger charge is 2.51. The highest BCUT2D eigenvalue weighted by molar-refractivity contribution is 5.89. The Hall–Kier alpha value is -2.04. The molecule has 6 rings (SSSR count). The molecular weight excluding hydrogens is 376 g/mol. The van der Waals surface area contributed by atoms with Crippen LogP contribution in [0.4, 0.5) is 5.69 Å². The fraction of sp³-hybridized carbons (Fsp3) is 0.680. The topological polar surface area (TPSA) is 49.9 Å². The molecule has 5 heteroatoms. The number of benzene rings is 1. The Labute approximate surface area is 179 Å². The molecule has 4 aliphatic carbocycles. The Morgan fingerprint density at radius 1 is 0.933 bits per heavy atom. The standard InChI is InChI=1S/C25H34N2O3/c1-2-30-24(29)21-3-5-22(6-4-21)26-7-9-27(10-8-26)23(28)17-25-14-18-11-19(15-25)13-20(12-18)16-25/h3-6,18-20H,2,7-17H2,1H3. The Balaban J connectivity index is 1.15. The summed E-state index contributed by atoms with van der Waals surface area (Å²) in [7, 11) is 0. The van der Waals surface area contributed by atoms with E-state index in [1.165, 1.54) is 38.5 Å². The van der Waals surface area contributed by atoms with Crippen LogP contribution in [0.1, 0.15) is 62.2 Å². The van der Waals surface area contributed by atoms with Gasteiger partial charge in [-0.05, 0) is 92.9 Å². The number of hydrogen-bond acceptors (Lipinski definition) is 4. The van der Waals surface area contributed by atoms with E-state index in [2.05, 4.69) is 9.80 Å². The smallest absolute Gasteiger partial charge is 0.338 e. The molecule has 1 saturated heterocycles. The number of hydrogen-bond donors (Lipinski definition) is 0. The molecule has 1 heterocycles. The average molecular weight is 411 g/mol. The fourth-order valence-corrected chi connectivity index (χ4v) is 7.18. The van der Waals surface area contributed by atoms with Gasteiger partial charge in [-0.15, -0.1) is 0 Å². The molecule has 1 aliphatic heterocycles. The minimum Gasteiger partial charge on any atom is -0.462 e. The van der Waals surface area contributed by atoms with Crippen molar-refractivity contribution in [2.45, 2.75) is 51.9 Å². The molecule has 1 amide bonds. The van der Waals surface area contributed by atoms with Gasteiger partial charge in [0.05, 0.1) is 12.2 Å². The Morgan fingerprint density at radius 3 is 2.03 bits per heavy atom. The van der Waals surface area contributed by atoms with Crippen molar-refractivity contribution >= 4 is 17.6 Å². The van der Waals surface area contributed by atoms with Gasteiger partial charge in [0, 0.05) is 38.3 Å². The molecule has 162 valence electrons. The van der Waals surface area contributed by atoms with Crippen molar-refractivity contribution in [3.63, 3.8) is 0 Å². The molecule has 1 aromatic carbocycles. The molecule has 0 aromatic heterocycles. The Morgan fingerprint density at radius 2 is 1.50 bits per heavy atom. The summed E-state index contributed by atoms with van der Waals surface area (Å²) >= 11 is 0. The molecule has 5 aliphatic rings. The van der Waals surface area contributed by atoms with Crippen LogP contribution in [0.5, 0.6) is 0 Å². The summed E-state index contributed by atoms with van der Waals surface area (Å²) in [6.07, 6.45) is 8.99. The molecule has 4 saturated carbocycles. The van der Waals surface area contributed by atoms with Crippen LogP contribution in [0.25, 0.3) is 0 Å². The van der Waals surface area contributed by atoms with Gasteiger partial charge in [0.1, 0.15) is 0 Å². The zero-order valence-corrected chi connectivity index (χ0v) is 18.1. The lowest BCUT2D eigenvalue weighted by molar-refractivity contribution is -0.139. The molecule has 5 nitrogen and oxygen atoms in total. The normalized spacial score (nSPS) is 32.4. The summed E-state index contributed by atoms with van der Waals surface area (Å²) in [5.74, 6) is 2.81. The van der Waals surface area contributed by atoms with Crippen molar-refractivity contribution in [1.29, 1.82) is 0 Å². The van der Waals surface area contributed by atoms with Gasteiger partial charge >= 0.3 is 5.97 Å². The van der Waals surface area contributed by atoms with Crippen LogP contribution in [0.15, 0.2) is 24.3 Å². The van der Waals surface area contributed by atoms with Gasteiger partial charge < -0.3 is 14.5 Å². The van der Waals surface area contributed by atoms with Crippen LogP contribution in [0.2, 0.25) is 0 Å². The summed E-state index contributed by atoms with van der Waals surface area (Å²) in [4.78, 5) is 29.4. The lowest BCUT2D eigenvalue weighted by Gasteiger charge is -2.57. The van der Waals surface area contributed by atoms with Crippen LogP contribution in [-0.2, 0) is 9.53 Å². The first-order valence-corrected chi connectivity index (χ1v) is 11.8. The minimum atomic E-state index is -0.274. The Bertz CT molecular complexity index is 760. The number of amides is 1. The lowest BCUT2D eigenvalue weighted by Crippen LogP contribution is -2.52. The largest absolute Gasteiger partial charge is 0.462 e. The third kappa shape index (κ3) is 3.83. The zero-order chi connectivity index (χ0) is 20.7. The molecule has 0 unspecified atom stereocenters. The van der Waals surface area contributed by atoms with Crippen molar-refractivity contribution < 1.29 is 14.3 Å². The summed E-state index contributed by atoms with van der Waals surface area (Å²) in [5, 5.41) is 0.